The Morgan fingerprint density at radius 3 is 2.04 bits per heavy atom. The fourth-order valence-electron chi connectivity index (χ4n) is 7.01. The van der Waals surface area contributed by atoms with Gasteiger partial charge in [0, 0.05) is 44.1 Å². The number of nitrogens with two attached hydrogens (primary N) is 1. The monoisotopic (exact) mass is 387 g/mol. The first-order valence-corrected chi connectivity index (χ1v) is 11.9. The van der Waals surface area contributed by atoms with Gasteiger partial charge in [0.05, 0.1) is 0 Å². The number of carbonyl (C=O) groups excluding carboxylic acids is 2. The summed E-state index contributed by atoms with van der Waals surface area (Å²) >= 11 is 0. The maximum absolute atomic E-state index is 13.2. The zero-order chi connectivity index (χ0) is 19.3. The average Bonchev–Trinajstić information content (AvgIpc) is 3.41. The second-order valence-electron chi connectivity index (χ2n) is 10.5. The predicted molar refractivity (Wildman–Crippen MR) is 108 cm³/mol. The van der Waals surface area contributed by atoms with Gasteiger partial charge in [0.15, 0.2) is 0 Å². The molecule has 2 saturated heterocycles. The Bertz CT molecular complexity index is 607. The van der Waals surface area contributed by atoms with Crippen molar-refractivity contribution in [2.24, 2.45) is 34.8 Å². The van der Waals surface area contributed by atoms with Crippen LogP contribution in [0.5, 0.6) is 0 Å². The normalized spacial score (nSPS) is 39.7. The highest BCUT2D eigenvalue weighted by Gasteiger charge is 2.59. The van der Waals surface area contributed by atoms with Crippen LogP contribution in [0.2, 0.25) is 0 Å². The molecule has 2 N–H and O–H groups in total. The Kier molecular flexibility index (Phi) is 4.93. The predicted octanol–water partition coefficient (Wildman–Crippen LogP) is 2.78. The van der Waals surface area contributed by atoms with Gasteiger partial charge >= 0.3 is 0 Å². The number of piperidine rings is 2. The summed E-state index contributed by atoms with van der Waals surface area (Å²) in [5.41, 5.74) is 6.63. The molecule has 0 aromatic rings. The first-order chi connectivity index (χ1) is 13.6. The smallest absolute Gasteiger partial charge is 0.226 e. The van der Waals surface area contributed by atoms with Gasteiger partial charge in [-0.1, -0.05) is 6.42 Å². The van der Waals surface area contributed by atoms with Crippen LogP contribution < -0.4 is 5.73 Å². The summed E-state index contributed by atoms with van der Waals surface area (Å²) in [5.74, 6) is 2.37. The summed E-state index contributed by atoms with van der Waals surface area (Å²) in [6.07, 6.45) is 12.5. The molecule has 2 aliphatic heterocycles. The van der Waals surface area contributed by atoms with Crippen molar-refractivity contribution in [3.63, 3.8) is 0 Å². The topological polar surface area (TPSA) is 66.6 Å². The molecule has 3 aliphatic carbocycles. The maximum Gasteiger partial charge on any atom is 0.226 e. The van der Waals surface area contributed by atoms with Gasteiger partial charge in [-0.05, 0) is 81.5 Å². The van der Waals surface area contributed by atoms with Gasteiger partial charge < -0.3 is 15.5 Å². The molecule has 28 heavy (non-hydrogen) atoms. The van der Waals surface area contributed by atoms with Crippen LogP contribution in [0.3, 0.4) is 0 Å². The minimum atomic E-state index is 0.203. The molecule has 2 amide bonds. The van der Waals surface area contributed by atoms with E-state index < -0.39 is 0 Å². The Hall–Kier alpha value is -1.10. The van der Waals surface area contributed by atoms with Crippen molar-refractivity contribution < 1.29 is 9.59 Å². The van der Waals surface area contributed by atoms with E-state index in [1.807, 2.05) is 0 Å². The zero-order valence-electron chi connectivity index (χ0n) is 17.3. The molecule has 156 valence electrons. The Balaban J connectivity index is 1.15. The molecule has 0 aromatic heterocycles. The molecule has 0 radical (unpaired) electrons. The highest BCUT2D eigenvalue weighted by atomic mass is 16.2. The minimum absolute atomic E-state index is 0.203. The van der Waals surface area contributed by atoms with Crippen molar-refractivity contribution in [2.75, 3.05) is 26.2 Å². The first kappa shape index (κ1) is 18.9. The molecule has 2 bridgehead atoms. The van der Waals surface area contributed by atoms with Crippen molar-refractivity contribution in [3.05, 3.63) is 0 Å². The highest BCUT2D eigenvalue weighted by molar-refractivity contribution is 5.83. The fraction of sp³-hybridized carbons (Fsp3) is 0.913. The van der Waals surface area contributed by atoms with Crippen LogP contribution in [0.25, 0.3) is 0 Å². The number of amides is 2. The Morgan fingerprint density at radius 1 is 0.786 bits per heavy atom. The van der Waals surface area contributed by atoms with Crippen molar-refractivity contribution >= 4 is 11.8 Å². The SMILES string of the molecule is NC1C2CCCC1CC(C(=O)N1CCC3(CC1)CC3C(=O)N1CCCCC1)C2. The Labute approximate surface area is 169 Å². The van der Waals surface area contributed by atoms with Crippen LogP contribution in [0.4, 0.5) is 0 Å². The van der Waals surface area contributed by atoms with Crippen LogP contribution >= 0.6 is 0 Å². The van der Waals surface area contributed by atoms with Crippen molar-refractivity contribution in [2.45, 2.75) is 76.7 Å². The van der Waals surface area contributed by atoms with E-state index in [1.165, 1.54) is 38.5 Å². The number of nitrogens with zero attached hydrogens (tertiary/aromatic N) is 2. The van der Waals surface area contributed by atoms with Crippen LogP contribution in [-0.2, 0) is 9.59 Å². The molecule has 3 saturated carbocycles. The van der Waals surface area contributed by atoms with Crippen molar-refractivity contribution in [3.8, 4) is 0 Å². The van der Waals surface area contributed by atoms with Gasteiger partial charge in [0.25, 0.3) is 0 Å². The van der Waals surface area contributed by atoms with E-state index in [2.05, 4.69) is 9.80 Å². The van der Waals surface area contributed by atoms with E-state index in [0.29, 0.717) is 29.7 Å². The van der Waals surface area contributed by atoms with Crippen LogP contribution in [0.1, 0.15) is 70.6 Å². The molecule has 3 unspecified atom stereocenters. The molecule has 5 nitrogen and oxygen atoms in total. The number of hydrogen-bond donors (Lipinski definition) is 1. The number of rotatable bonds is 2. The summed E-state index contributed by atoms with van der Waals surface area (Å²) in [5, 5.41) is 0. The minimum Gasteiger partial charge on any atom is -0.342 e. The molecular weight excluding hydrogens is 350 g/mol. The van der Waals surface area contributed by atoms with E-state index in [0.717, 1.165) is 58.3 Å². The third-order valence-corrected chi connectivity index (χ3v) is 8.99. The van der Waals surface area contributed by atoms with E-state index in [4.69, 9.17) is 5.73 Å². The number of fused-ring (bicyclic) bond motifs is 2. The van der Waals surface area contributed by atoms with Gasteiger partial charge in [0.1, 0.15) is 0 Å². The number of carbonyl (C=O) groups is 2. The molecule has 0 aromatic carbocycles. The quantitative estimate of drug-likeness (QED) is 0.792. The molecule has 5 rings (SSSR count). The molecule has 1 spiro atoms. The summed E-state index contributed by atoms with van der Waals surface area (Å²) in [4.78, 5) is 30.3. The van der Waals surface area contributed by atoms with Crippen LogP contribution in [-0.4, -0.2) is 53.8 Å². The first-order valence-electron chi connectivity index (χ1n) is 11.9. The van der Waals surface area contributed by atoms with Gasteiger partial charge in [0.2, 0.25) is 11.8 Å². The van der Waals surface area contributed by atoms with E-state index in [1.54, 1.807) is 0 Å². The number of hydrogen-bond acceptors (Lipinski definition) is 3. The van der Waals surface area contributed by atoms with E-state index in [-0.39, 0.29) is 17.3 Å². The second-order valence-corrected chi connectivity index (χ2v) is 10.5. The third-order valence-electron chi connectivity index (χ3n) is 8.99. The molecule has 2 heterocycles. The second kappa shape index (κ2) is 7.30. The molecular formula is C23H37N3O2. The van der Waals surface area contributed by atoms with Gasteiger partial charge in [-0.3, -0.25) is 9.59 Å². The largest absolute Gasteiger partial charge is 0.342 e. The molecule has 5 heteroatoms. The lowest BCUT2D eigenvalue weighted by Gasteiger charge is -2.45. The Morgan fingerprint density at radius 2 is 1.39 bits per heavy atom. The van der Waals surface area contributed by atoms with E-state index in [9.17, 15) is 9.59 Å². The van der Waals surface area contributed by atoms with Gasteiger partial charge in [-0.25, -0.2) is 0 Å². The molecule has 5 aliphatic rings. The summed E-state index contributed by atoms with van der Waals surface area (Å²) in [6.45, 7) is 3.64. The van der Waals surface area contributed by atoms with Crippen LogP contribution in [0, 0.1) is 29.1 Å². The van der Waals surface area contributed by atoms with Crippen molar-refractivity contribution in [1.82, 2.24) is 9.80 Å². The zero-order valence-corrected chi connectivity index (χ0v) is 17.3. The third kappa shape index (κ3) is 3.28. The molecule has 5 fully saturated rings. The lowest BCUT2D eigenvalue weighted by Crippen LogP contribution is -2.51. The summed E-state index contributed by atoms with van der Waals surface area (Å²) in [7, 11) is 0. The molecule has 3 atom stereocenters. The fourth-order valence-corrected chi connectivity index (χ4v) is 7.01. The highest BCUT2D eigenvalue weighted by Crippen LogP contribution is 2.60. The average molecular weight is 388 g/mol. The maximum atomic E-state index is 13.2. The lowest BCUT2D eigenvalue weighted by molar-refractivity contribution is -0.140. The van der Waals surface area contributed by atoms with Crippen LogP contribution in [0.15, 0.2) is 0 Å². The summed E-state index contributed by atoms with van der Waals surface area (Å²) in [6, 6.07) is 0.329. The van der Waals surface area contributed by atoms with Gasteiger partial charge in [-0.15, -0.1) is 0 Å². The standard InChI is InChI=1S/C23H37N3O2/c24-20-16-5-4-6-17(20)14-18(13-16)21(27)26-11-7-23(8-12-26)15-19(23)22(28)25-9-2-1-3-10-25/h16-20H,1-15,24H2. The van der Waals surface area contributed by atoms with Crippen molar-refractivity contribution in [1.29, 1.82) is 0 Å². The van der Waals surface area contributed by atoms with E-state index >= 15 is 0 Å². The summed E-state index contributed by atoms with van der Waals surface area (Å²) < 4.78 is 0. The lowest BCUT2D eigenvalue weighted by atomic mass is 9.65. The van der Waals surface area contributed by atoms with Gasteiger partial charge in [-0.2, -0.15) is 0 Å². The number of likely N-dealkylation sites (tertiary alicyclic amines) is 2.